The van der Waals surface area contributed by atoms with Gasteiger partial charge in [-0.15, -0.1) is 0 Å². The van der Waals surface area contributed by atoms with Crippen molar-refractivity contribution in [2.75, 3.05) is 0 Å². The quantitative estimate of drug-likeness (QED) is 0.288. The van der Waals surface area contributed by atoms with Gasteiger partial charge in [0.05, 0.1) is 0 Å². The van der Waals surface area contributed by atoms with Gasteiger partial charge in [0.15, 0.2) is 0 Å². The number of benzene rings is 4. The molecule has 179 valence electrons. The summed E-state index contributed by atoms with van der Waals surface area (Å²) in [5.41, 5.74) is 13.8. The van der Waals surface area contributed by atoms with Crippen molar-refractivity contribution in [3.8, 4) is 22.3 Å². The van der Waals surface area contributed by atoms with Gasteiger partial charge in [0, 0.05) is 0 Å². The van der Waals surface area contributed by atoms with E-state index in [1.54, 1.807) is 33.0 Å². The molecule has 2 unspecified atom stereocenters. The number of fused-ring (bicyclic) bond motifs is 4. The molecule has 2 aliphatic heterocycles. The number of rotatable bonds is 4. The van der Waals surface area contributed by atoms with E-state index in [4.69, 9.17) is 0 Å². The van der Waals surface area contributed by atoms with Crippen molar-refractivity contribution in [2.24, 2.45) is 0 Å². The standard InChI is InChI=1S/C20H21.C12H8Si.2ClH.Zr/c1-4-7-16-12-17-11-10-15(3)20(19(17)13-16)18-9-6-5-8-14(18)2;1-3-7-11-9(5-1)10-6-2-4-8-12(10)13-11;;;/h5-6,8-13H,4,7H2,1-3H3;1-7,13H;2*1H;/q;;;;+2/p-2. The average Bonchev–Trinajstić information content (AvgIpc) is 3.35. The second-order valence-electron chi connectivity index (χ2n) is 10.2. The van der Waals surface area contributed by atoms with E-state index in [0.717, 1.165) is 3.63 Å². The first-order chi connectivity index (χ1) is 16.7. The molecule has 36 heavy (non-hydrogen) atoms. The Labute approximate surface area is 235 Å². The van der Waals surface area contributed by atoms with Crippen LogP contribution in [0, 0.1) is 13.8 Å². The van der Waals surface area contributed by atoms with Crippen LogP contribution in [0.15, 0.2) is 84.4 Å². The number of halogens is 2. The fourth-order valence-electron chi connectivity index (χ4n) is 6.94. The van der Waals surface area contributed by atoms with Crippen molar-refractivity contribution in [1.82, 2.24) is 0 Å². The predicted octanol–water partition coefficient (Wildman–Crippen LogP) is -0.00766. The van der Waals surface area contributed by atoms with Crippen LogP contribution in [0.5, 0.6) is 0 Å². The van der Waals surface area contributed by atoms with Gasteiger partial charge in [-0.25, -0.2) is 0 Å². The third-order valence-corrected chi connectivity index (χ3v) is 30.6. The molecule has 7 rings (SSSR count). The Balaban J connectivity index is 0.00000133. The Kier molecular flexibility index (Phi) is 7.12. The monoisotopic (exact) mass is 601 g/mol. The molecule has 2 atom stereocenters. The predicted molar refractivity (Wildman–Crippen MR) is 145 cm³/mol. The van der Waals surface area contributed by atoms with Gasteiger partial charge in [0.1, 0.15) is 0 Å². The molecule has 0 amide bonds. The van der Waals surface area contributed by atoms with Gasteiger partial charge < -0.3 is 24.8 Å². The van der Waals surface area contributed by atoms with E-state index in [0.29, 0.717) is 0 Å². The SMILES string of the molecule is CCCC1=Cc2c(ccc(C)c2-c2ccccc2C)[CH]1[Zr+2]1[c]2cccc3c2[SiH]1c1ccccc1-3.[Cl-].[Cl-]. The maximum Gasteiger partial charge on any atom is -1.00 e. The van der Waals surface area contributed by atoms with Gasteiger partial charge >= 0.3 is 213 Å². The summed E-state index contributed by atoms with van der Waals surface area (Å²) in [7, 11) is 0. The van der Waals surface area contributed by atoms with E-state index < -0.39 is 26.8 Å². The van der Waals surface area contributed by atoms with Gasteiger partial charge in [-0.05, 0) is 0 Å². The average molecular weight is 604 g/mol. The van der Waals surface area contributed by atoms with Crippen LogP contribution in [-0.2, 0) is 20.9 Å². The van der Waals surface area contributed by atoms with Crippen LogP contribution in [0.4, 0.5) is 0 Å². The van der Waals surface area contributed by atoms with Crippen LogP contribution >= 0.6 is 0 Å². The molecule has 4 heteroatoms. The largest absolute Gasteiger partial charge is 1.00 e. The summed E-state index contributed by atoms with van der Waals surface area (Å²) >= 11 is -1.91. The molecule has 3 aliphatic rings. The Morgan fingerprint density at radius 3 is 2.25 bits per heavy atom. The summed E-state index contributed by atoms with van der Waals surface area (Å²) in [5.74, 6) is -1.03. The summed E-state index contributed by atoms with van der Waals surface area (Å²) in [5, 5.41) is 3.59. The van der Waals surface area contributed by atoms with Crippen molar-refractivity contribution in [1.29, 1.82) is 0 Å². The molecule has 0 aromatic heterocycles. The Morgan fingerprint density at radius 2 is 1.47 bits per heavy atom. The molecule has 0 saturated carbocycles. The Bertz CT molecular complexity index is 1520. The van der Waals surface area contributed by atoms with E-state index in [1.807, 2.05) is 8.46 Å². The summed E-state index contributed by atoms with van der Waals surface area (Å²) < 4.78 is 2.57. The smallest absolute Gasteiger partial charge is 1.00 e. The second-order valence-corrected chi connectivity index (χ2v) is 25.2. The molecule has 0 nitrogen and oxygen atoms in total. The van der Waals surface area contributed by atoms with Crippen molar-refractivity contribution in [3.05, 3.63) is 107 Å². The van der Waals surface area contributed by atoms with Crippen molar-refractivity contribution in [2.45, 2.75) is 37.2 Å². The number of aryl methyl sites for hydroxylation is 2. The van der Waals surface area contributed by atoms with Gasteiger partial charge in [-0.1, -0.05) is 0 Å². The third kappa shape index (κ3) is 3.56. The maximum atomic E-state index is 2.64. The van der Waals surface area contributed by atoms with Crippen LogP contribution in [0.2, 0.25) is 0 Å². The van der Waals surface area contributed by atoms with E-state index in [-0.39, 0.29) is 24.8 Å². The number of allylic oxidation sites excluding steroid dienone is 1. The zero-order chi connectivity index (χ0) is 23.0. The van der Waals surface area contributed by atoms with E-state index in [1.165, 1.54) is 35.1 Å². The van der Waals surface area contributed by atoms with Gasteiger partial charge in [0.2, 0.25) is 0 Å². The molecular formula is C32H29Cl2SiZr. The Hall–Kier alpha value is -1.70. The fourth-order valence-corrected chi connectivity index (χ4v) is 33.1. The maximum absolute atomic E-state index is 2.64. The molecule has 0 N–H and O–H groups in total. The molecule has 4 aromatic rings. The molecule has 0 fully saturated rings. The van der Waals surface area contributed by atoms with Crippen LogP contribution in [-0.4, -0.2) is 5.92 Å². The minimum Gasteiger partial charge on any atom is -1.00 e. The molecule has 0 saturated heterocycles. The number of hydrogen-bond acceptors (Lipinski definition) is 0. The third-order valence-electron chi connectivity index (χ3n) is 8.34. The van der Waals surface area contributed by atoms with Gasteiger partial charge in [0.25, 0.3) is 0 Å². The van der Waals surface area contributed by atoms with Crippen LogP contribution in [0.3, 0.4) is 0 Å². The Morgan fingerprint density at radius 1 is 0.750 bits per heavy atom. The summed E-state index contributed by atoms with van der Waals surface area (Å²) in [4.78, 5) is 0. The summed E-state index contributed by atoms with van der Waals surface area (Å²) in [6.07, 6.45) is 5.12. The minimum atomic E-state index is -1.91. The zero-order valence-electron chi connectivity index (χ0n) is 20.9. The first-order valence-corrected chi connectivity index (χ1v) is 21.3. The first-order valence-electron chi connectivity index (χ1n) is 12.7. The van der Waals surface area contributed by atoms with Crippen LogP contribution in [0.1, 0.15) is 45.6 Å². The van der Waals surface area contributed by atoms with Crippen LogP contribution < -0.4 is 38.5 Å². The molecule has 0 radical (unpaired) electrons. The van der Waals surface area contributed by atoms with Crippen molar-refractivity contribution in [3.63, 3.8) is 0 Å². The summed E-state index contributed by atoms with van der Waals surface area (Å²) in [6, 6.07) is 30.6. The van der Waals surface area contributed by atoms with Gasteiger partial charge in [-0.3, -0.25) is 0 Å². The van der Waals surface area contributed by atoms with Gasteiger partial charge in [-0.2, -0.15) is 0 Å². The molecule has 2 heterocycles. The summed E-state index contributed by atoms with van der Waals surface area (Å²) in [6.45, 7) is 6.93. The van der Waals surface area contributed by atoms with E-state index in [9.17, 15) is 0 Å². The molecular weight excluding hydrogens is 575 g/mol. The normalized spacial score (nSPS) is 17.8. The van der Waals surface area contributed by atoms with Crippen LogP contribution in [0.25, 0.3) is 28.3 Å². The topological polar surface area (TPSA) is 0 Å². The van der Waals surface area contributed by atoms with E-state index in [2.05, 4.69) is 106 Å². The molecule has 0 bridgehead atoms. The molecule has 1 aliphatic carbocycles. The molecule has 0 spiro atoms. The zero-order valence-corrected chi connectivity index (χ0v) is 26.0. The van der Waals surface area contributed by atoms with Crippen molar-refractivity contribution >= 4 is 25.6 Å². The van der Waals surface area contributed by atoms with E-state index >= 15 is 0 Å². The first kappa shape index (κ1) is 25.9. The fraction of sp³-hybridized carbons (Fsp3) is 0.188. The number of hydrogen-bond donors (Lipinski definition) is 0. The van der Waals surface area contributed by atoms with Crippen molar-refractivity contribution < 1.29 is 45.7 Å². The molecule has 4 aromatic carbocycles. The second kappa shape index (κ2) is 9.88. The minimum absolute atomic E-state index is 0.